The van der Waals surface area contributed by atoms with Gasteiger partial charge in [-0.3, -0.25) is 4.79 Å². The molecule has 1 N–H and O–H groups in total. The Labute approximate surface area is 165 Å². The number of nitrogens with zero attached hydrogens (tertiary/aromatic N) is 3. The van der Waals surface area contributed by atoms with Crippen LogP contribution in [0.4, 0.5) is 0 Å². The van der Waals surface area contributed by atoms with Crippen LogP contribution in [-0.4, -0.2) is 34.1 Å². The Kier molecular flexibility index (Phi) is 5.90. The van der Waals surface area contributed by atoms with E-state index in [1.54, 1.807) is 11.8 Å². The third-order valence-electron chi connectivity index (χ3n) is 5.74. The van der Waals surface area contributed by atoms with Gasteiger partial charge in [-0.05, 0) is 30.5 Å². The molecule has 0 radical (unpaired) electrons. The zero-order valence-electron chi connectivity index (χ0n) is 16.4. The SMILES string of the molecule is COc1ccc(C2Cn3nnc(C(=O)NC4CCCCCCC4)c3CO2)cc1. The lowest BCUT2D eigenvalue weighted by atomic mass is 9.96. The number of aromatic nitrogens is 3. The summed E-state index contributed by atoms with van der Waals surface area (Å²) in [5.74, 6) is 0.687. The summed E-state index contributed by atoms with van der Waals surface area (Å²) >= 11 is 0. The Morgan fingerprint density at radius 1 is 1.14 bits per heavy atom. The third kappa shape index (κ3) is 4.19. The zero-order valence-corrected chi connectivity index (χ0v) is 16.4. The molecule has 2 aromatic rings. The van der Waals surface area contributed by atoms with Gasteiger partial charge in [0.2, 0.25) is 0 Å². The number of carbonyl (C=O) groups excluding carboxylic acids is 1. The molecule has 2 heterocycles. The summed E-state index contributed by atoms with van der Waals surface area (Å²) < 4.78 is 13.0. The van der Waals surface area contributed by atoms with E-state index in [4.69, 9.17) is 9.47 Å². The van der Waals surface area contributed by atoms with Crippen molar-refractivity contribution in [2.24, 2.45) is 0 Å². The Bertz CT molecular complexity index is 794. The van der Waals surface area contributed by atoms with Gasteiger partial charge in [-0.25, -0.2) is 4.68 Å². The van der Waals surface area contributed by atoms with Gasteiger partial charge in [-0.1, -0.05) is 49.5 Å². The van der Waals surface area contributed by atoms with Crippen molar-refractivity contribution < 1.29 is 14.3 Å². The monoisotopic (exact) mass is 384 g/mol. The molecule has 1 saturated carbocycles. The van der Waals surface area contributed by atoms with E-state index in [9.17, 15) is 4.79 Å². The predicted molar refractivity (Wildman–Crippen MR) is 104 cm³/mol. The summed E-state index contributed by atoms with van der Waals surface area (Å²) in [6.07, 6.45) is 8.17. The van der Waals surface area contributed by atoms with Crippen molar-refractivity contribution in [3.8, 4) is 5.75 Å². The fraction of sp³-hybridized carbons (Fsp3) is 0.571. The van der Waals surface area contributed by atoms with Crippen molar-refractivity contribution in [3.05, 3.63) is 41.2 Å². The van der Waals surface area contributed by atoms with E-state index in [0.29, 0.717) is 18.8 Å². The normalized spacial score (nSPS) is 20.7. The van der Waals surface area contributed by atoms with E-state index in [1.165, 1.54) is 32.1 Å². The molecule has 7 heteroatoms. The van der Waals surface area contributed by atoms with Gasteiger partial charge in [0, 0.05) is 6.04 Å². The molecule has 1 aromatic carbocycles. The van der Waals surface area contributed by atoms with Crippen LogP contribution in [-0.2, 0) is 17.9 Å². The topological polar surface area (TPSA) is 78.3 Å². The van der Waals surface area contributed by atoms with Crippen LogP contribution in [0.1, 0.15) is 72.8 Å². The Hall–Kier alpha value is -2.41. The van der Waals surface area contributed by atoms with Gasteiger partial charge in [-0.15, -0.1) is 5.10 Å². The first-order chi connectivity index (χ1) is 13.7. The second-order valence-corrected chi connectivity index (χ2v) is 7.66. The van der Waals surface area contributed by atoms with Crippen molar-refractivity contribution in [1.82, 2.24) is 20.3 Å². The average Bonchev–Trinajstić information content (AvgIpc) is 3.13. The largest absolute Gasteiger partial charge is 0.497 e. The minimum absolute atomic E-state index is 0.110. The molecule has 28 heavy (non-hydrogen) atoms. The molecule has 1 amide bonds. The van der Waals surface area contributed by atoms with Gasteiger partial charge in [0.05, 0.1) is 26.0 Å². The molecule has 1 unspecified atom stereocenters. The Balaban J connectivity index is 1.42. The molecular formula is C21H28N4O3. The van der Waals surface area contributed by atoms with Crippen LogP contribution in [0.2, 0.25) is 0 Å². The molecule has 0 spiro atoms. The summed E-state index contributed by atoms with van der Waals surface area (Å²) in [7, 11) is 1.65. The Morgan fingerprint density at radius 3 is 2.57 bits per heavy atom. The number of rotatable bonds is 4. The lowest BCUT2D eigenvalue weighted by Gasteiger charge is -2.25. The summed E-state index contributed by atoms with van der Waals surface area (Å²) in [5, 5.41) is 11.5. The molecule has 150 valence electrons. The molecule has 0 bridgehead atoms. The number of ether oxygens (including phenoxy) is 2. The molecule has 1 aliphatic carbocycles. The first-order valence-electron chi connectivity index (χ1n) is 10.2. The molecule has 4 rings (SSSR count). The number of hydrogen-bond donors (Lipinski definition) is 1. The number of carbonyl (C=O) groups is 1. The average molecular weight is 384 g/mol. The number of methoxy groups -OCH3 is 1. The van der Waals surface area contributed by atoms with Crippen LogP contribution in [0.3, 0.4) is 0 Å². The van der Waals surface area contributed by atoms with Gasteiger partial charge < -0.3 is 14.8 Å². The third-order valence-corrected chi connectivity index (χ3v) is 5.74. The molecule has 7 nitrogen and oxygen atoms in total. The number of fused-ring (bicyclic) bond motifs is 1. The number of benzene rings is 1. The van der Waals surface area contributed by atoms with Crippen molar-refractivity contribution in [1.29, 1.82) is 0 Å². The maximum Gasteiger partial charge on any atom is 0.274 e. The van der Waals surface area contributed by atoms with Crippen molar-refractivity contribution >= 4 is 5.91 Å². The van der Waals surface area contributed by atoms with Crippen LogP contribution >= 0.6 is 0 Å². The van der Waals surface area contributed by atoms with Crippen LogP contribution in [0.15, 0.2) is 24.3 Å². The molecule has 1 aromatic heterocycles. The van der Waals surface area contributed by atoms with Gasteiger partial charge in [0.25, 0.3) is 5.91 Å². The van der Waals surface area contributed by atoms with Crippen LogP contribution in [0.5, 0.6) is 5.75 Å². The highest BCUT2D eigenvalue weighted by Crippen LogP contribution is 2.28. The van der Waals surface area contributed by atoms with Crippen LogP contribution in [0, 0.1) is 0 Å². The van der Waals surface area contributed by atoms with Gasteiger partial charge in [0.1, 0.15) is 11.9 Å². The van der Waals surface area contributed by atoms with E-state index in [1.807, 2.05) is 24.3 Å². The molecule has 1 aliphatic heterocycles. The first-order valence-corrected chi connectivity index (χ1v) is 10.2. The van der Waals surface area contributed by atoms with Crippen molar-refractivity contribution in [2.45, 2.75) is 70.2 Å². The first kappa shape index (κ1) is 18.9. The van der Waals surface area contributed by atoms with Crippen molar-refractivity contribution in [3.63, 3.8) is 0 Å². The van der Waals surface area contributed by atoms with E-state index < -0.39 is 0 Å². The van der Waals surface area contributed by atoms with E-state index in [0.717, 1.165) is 29.8 Å². The number of hydrogen-bond acceptors (Lipinski definition) is 5. The number of amides is 1. The summed E-state index contributed by atoms with van der Waals surface area (Å²) in [6, 6.07) is 8.07. The second kappa shape index (κ2) is 8.73. The highest BCUT2D eigenvalue weighted by Gasteiger charge is 2.28. The van der Waals surface area contributed by atoms with Crippen LogP contribution < -0.4 is 10.1 Å². The molecule has 1 atom stereocenters. The minimum Gasteiger partial charge on any atom is -0.497 e. The molecular weight excluding hydrogens is 356 g/mol. The quantitative estimate of drug-likeness (QED) is 0.874. The summed E-state index contributed by atoms with van der Waals surface area (Å²) in [5.41, 5.74) is 2.21. The van der Waals surface area contributed by atoms with E-state index in [-0.39, 0.29) is 18.1 Å². The van der Waals surface area contributed by atoms with E-state index in [2.05, 4.69) is 15.6 Å². The predicted octanol–water partition coefficient (Wildman–Crippen LogP) is 3.40. The zero-order chi connectivity index (χ0) is 19.3. The standard InChI is InChI=1S/C21H28N4O3/c1-27-17-11-9-15(10-12-17)19-13-25-18(14-28-19)20(23-24-25)21(26)22-16-7-5-3-2-4-6-8-16/h9-12,16,19H,2-8,13-14H2,1H3,(H,22,26). The van der Waals surface area contributed by atoms with Gasteiger partial charge in [0.15, 0.2) is 5.69 Å². The summed E-state index contributed by atoms with van der Waals surface area (Å²) in [4.78, 5) is 12.8. The highest BCUT2D eigenvalue weighted by atomic mass is 16.5. The van der Waals surface area contributed by atoms with Crippen LogP contribution in [0.25, 0.3) is 0 Å². The second-order valence-electron chi connectivity index (χ2n) is 7.66. The maximum atomic E-state index is 12.8. The fourth-order valence-electron chi connectivity index (χ4n) is 4.06. The Morgan fingerprint density at radius 2 is 1.86 bits per heavy atom. The lowest BCUT2D eigenvalue weighted by Crippen LogP contribution is -2.36. The van der Waals surface area contributed by atoms with Gasteiger partial charge in [-0.2, -0.15) is 0 Å². The molecule has 2 aliphatic rings. The fourth-order valence-corrected chi connectivity index (χ4v) is 4.06. The minimum atomic E-state index is -0.127. The van der Waals surface area contributed by atoms with Crippen molar-refractivity contribution in [2.75, 3.05) is 7.11 Å². The lowest BCUT2D eigenvalue weighted by molar-refractivity contribution is -0.00180. The van der Waals surface area contributed by atoms with Gasteiger partial charge >= 0.3 is 0 Å². The maximum absolute atomic E-state index is 12.8. The molecule has 0 saturated heterocycles. The number of nitrogens with one attached hydrogen (secondary N) is 1. The smallest absolute Gasteiger partial charge is 0.274 e. The van der Waals surface area contributed by atoms with E-state index >= 15 is 0 Å². The summed E-state index contributed by atoms with van der Waals surface area (Å²) in [6.45, 7) is 0.877. The molecule has 1 fully saturated rings. The highest BCUT2D eigenvalue weighted by molar-refractivity contribution is 5.93.